The summed E-state index contributed by atoms with van der Waals surface area (Å²) in [6.07, 6.45) is 5.39. The van der Waals surface area contributed by atoms with Gasteiger partial charge in [-0.2, -0.15) is 5.10 Å². The number of hydrogen-bond acceptors (Lipinski definition) is 4. The fourth-order valence-corrected chi connectivity index (χ4v) is 1.94. The molecule has 1 N–H and O–H groups in total. The third kappa shape index (κ3) is 2.34. The van der Waals surface area contributed by atoms with Crippen molar-refractivity contribution < 1.29 is 0 Å². The number of nitrogens with zero attached hydrogens (tertiary/aromatic N) is 4. The van der Waals surface area contributed by atoms with Crippen LogP contribution in [0.3, 0.4) is 0 Å². The highest BCUT2D eigenvalue weighted by Gasteiger charge is 2.16. The van der Waals surface area contributed by atoms with E-state index in [1.165, 1.54) is 0 Å². The van der Waals surface area contributed by atoms with Crippen molar-refractivity contribution in [2.24, 2.45) is 0 Å². The zero-order chi connectivity index (χ0) is 13.1. The van der Waals surface area contributed by atoms with Crippen LogP contribution in [-0.2, 0) is 0 Å². The van der Waals surface area contributed by atoms with E-state index in [0.717, 1.165) is 29.3 Å². The standard InChI is InChI=1S/C13H19N5/c1-5-14-12-11(9(2)3)13(16-8-15-12)18-7-10(4)6-17-18/h6-9H,5H2,1-4H3,(H,14,15,16). The Labute approximate surface area is 107 Å². The Hall–Kier alpha value is -1.91. The molecule has 0 radical (unpaired) electrons. The largest absolute Gasteiger partial charge is 0.370 e. The molecule has 18 heavy (non-hydrogen) atoms. The molecule has 2 aromatic rings. The van der Waals surface area contributed by atoms with Gasteiger partial charge in [-0.05, 0) is 25.3 Å². The van der Waals surface area contributed by atoms with E-state index in [0.29, 0.717) is 5.92 Å². The lowest BCUT2D eigenvalue weighted by molar-refractivity contribution is 0.773. The maximum Gasteiger partial charge on any atom is 0.162 e. The van der Waals surface area contributed by atoms with Gasteiger partial charge in [-0.3, -0.25) is 0 Å². The first-order valence-corrected chi connectivity index (χ1v) is 6.24. The van der Waals surface area contributed by atoms with Crippen LogP contribution in [0.4, 0.5) is 5.82 Å². The van der Waals surface area contributed by atoms with Crippen molar-refractivity contribution in [3.05, 3.63) is 29.8 Å². The lowest BCUT2D eigenvalue weighted by atomic mass is 10.0. The lowest BCUT2D eigenvalue weighted by Crippen LogP contribution is -2.11. The molecular formula is C13H19N5. The van der Waals surface area contributed by atoms with Gasteiger partial charge in [0.25, 0.3) is 0 Å². The van der Waals surface area contributed by atoms with E-state index < -0.39 is 0 Å². The number of rotatable bonds is 4. The topological polar surface area (TPSA) is 55.6 Å². The summed E-state index contributed by atoms with van der Waals surface area (Å²) in [6.45, 7) is 9.20. The van der Waals surface area contributed by atoms with E-state index in [2.05, 4.69) is 41.2 Å². The van der Waals surface area contributed by atoms with E-state index in [4.69, 9.17) is 0 Å². The van der Waals surface area contributed by atoms with Gasteiger partial charge in [0.15, 0.2) is 5.82 Å². The Bertz CT molecular complexity index is 530. The Morgan fingerprint density at radius 2 is 2.11 bits per heavy atom. The van der Waals surface area contributed by atoms with Gasteiger partial charge in [0.05, 0.1) is 6.20 Å². The lowest BCUT2D eigenvalue weighted by Gasteiger charge is -2.16. The van der Waals surface area contributed by atoms with E-state index in [1.807, 2.05) is 24.0 Å². The molecule has 0 aliphatic carbocycles. The summed E-state index contributed by atoms with van der Waals surface area (Å²) in [4.78, 5) is 8.70. The fraction of sp³-hybridized carbons (Fsp3) is 0.462. The van der Waals surface area contributed by atoms with Gasteiger partial charge in [-0.25, -0.2) is 14.6 Å². The molecule has 2 aromatic heterocycles. The van der Waals surface area contributed by atoms with Crippen molar-refractivity contribution in [3.8, 4) is 5.82 Å². The van der Waals surface area contributed by atoms with Crippen LogP contribution in [-0.4, -0.2) is 26.3 Å². The van der Waals surface area contributed by atoms with Crippen molar-refractivity contribution in [2.45, 2.75) is 33.6 Å². The van der Waals surface area contributed by atoms with Gasteiger partial charge in [0.1, 0.15) is 12.1 Å². The number of aromatic nitrogens is 4. The Morgan fingerprint density at radius 1 is 1.33 bits per heavy atom. The molecule has 0 aliphatic rings. The van der Waals surface area contributed by atoms with Gasteiger partial charge >= 0.3 is 0 Å². The third-order valence-corrected chi connectivity index (χ3v) is 2.71. The number of hydrogen-bond donors (Lipinski definition) is 1. The van der Waals surface area contributed by atoms with Crippen LogP contribution in [0.25, 0.3) is 5.82 Å². The second-order valence-electron chi connectivity index (χ2n) is 4.61. The third-order valence-electron chi connectivity index (χ3n) is 2.71. The minimum atomic E-state index is 0.333. The summed E-state index contributed by atoms with van der Waals surface area (Å²) in [7, 11) is 0. The number of aryl methyl sites for hydroxylation is 1. The highest BCUT2D eigenvalue weighted by atomic mass is 15.3. The van der Waals surface area contributed by atoms with Crippen LogP contribution in [0, 0.1) is 6.92 Å². The molecule has 0 fully saturated rings. The second kappa shape index (κ2) is 5.16. The van der Waals surface area contributed by atoms with Crippen LogP contribution in [0.2, 0.25) is 0 Å². The van der Waals surface area contributed by atoms with Crippen LogP contribution >= 0.6 is 0 Å². The monoisotopic (exact) mass is 245 g/mol. The van der Waals surface area contributed by atoms with Crippen molar-refractivity contribution in [2.75, 3.05) is 11.9 Å². The van der Waals surface area contributed by atoms with Crippen LogP contribution in [0.1, 0.15) is 37.8 Å². The summed E-state index contributed by atoms with van der Waals surface area (Å²) in [5, 5.41) is 7.61. The van der Waals surface area contributed by atoms with Crippen molar-refractivity contribution >= 4 is 5.82 Å². The minimum absolute atomic E-state index is 0.333. The summed E-state index contributed by atoms with van der Waals surface area (Å²) < 4.78 is 1.81. The van der Waals surface area contributed by atoms with Crippen LogP contribution in [0.15, 0.2) is 18.7 Å². The first kappa shape index (κ1) is 12.5. The average Bonchev–Trinajstić information content (AvgIpc) is 2.75. The van der Waals surface area contributed by atoms with E-state index in [-0.39, 0.29) is 0 Å². The molecule has 0 spiro atoms. The highest BCUT2D eigenvalue weighted by molar-refractivity contribution is 5.53. The molecule has 2 heterocycles. The maximum atomic E-state index is 4.38. The number of anilines is 1. The molecule has 0 aromatic carbocycles. The number of nitrogens with one attached hydrogen (secondary N) is 1. The molecule has 96 valence electrons. The Morgan fingerprint density at radius 3 is 2.67 bits per heavy atom. The molecule has 0 atom stereocenters. The van der Waals surface area contributed by atoms with Crippen LogP contribution in [0.5, 0.6) is 0 Å². The molecule has 0 amide bonds. The SMILES string of the molecule is CCNc1ncnc(-n2cc(C)cn2)c1C(C)C. The smallest absolute Gasteiger partial charge is 0.162 e. The van der Waals surface area contributed by atoms with Crippen molar-refractivity contribution in [3.63, 3.8) is 0 Å². The second-order valence-corrected chi connectivity index (χ2v) is 4.61. The molecular weight excluding hydrogens is 226 g/mol. The molecule has 2 rings (SSSR count). The molecule has 0 saturated heterocycles. The maximum absolute atomic E-state index is 4.38. The van der Waals surface area contributed by atoms with E-state index >= 15 is 0 Å². The quantitative estimate of drug-likeness (QED) is 0.899. The predicted octanol–water partition coefficient (Wildman–Crippen LogP) is 2.53. The van der Waals surface area contributed by atoms with Gasteiger partial charge in [-0.15, -0.1) is 0 Å². The summed E-state index contributed by atoms with van der Waals surface area (Å²) in [6, 6.07) is 0. The van der Waals surface area contributed by atoms with Crippen LogP contribution < -0.4 is 5.32 Å². The van der Waals surface area contributed by atoms with E-state index in [9.17, 15) is 0 Å². The fourth-order valence-electron chi connectivity index (χ4n) is 1.94. The zero-order valence-electron chi connectivity index (χ0n) is 11.3. The predicted molar refractivity (Wildman–Crippen MR) is 72.1 cm³/mol. The normalized spacial score (nSPS) is 10.9. The van der Waals surface area contributed by atoms with Gasteiger partial charge < -0.3 is 5.32 Å². The average molecular weight is 245 g/mol. The van der Waals surface area contributed by atoms with Gasteiger partial charge in [-0.1, -0.05) is 13.8 Å². The zero-order valence-corrected chi connectivity index (χ0v) is 11.3. The van der Waals surface area contributed by atoms with Gasteiger partial charge in [0, 0.05) is 18.3 Å². The van der Waals surface area contributed by atoms with Gasteiger partial charge in [0.2, 0.25) is 0 Å². The summed E-state index contributed by atoms with van der Waals surface area (Å²) >= 11 is 0. The summed E-state index contributed by atoms with van der Waals surface area (Å²) in [5.41, 5.74) is 2.22. The molecule has 0 saturated carbocycles. The summed E-state index contributed by atoms with van der Waals surface area (Å²) in [5.74, 6) is 2.08. The molecule has 0 aliphatic heterocycles. The van der Waals surface area contributed by atoms with E-state index in [1.54, 1.807) is 6.33 Å². The molecule has 0 bridgehead atoms. The Kier molecular flexibility index (Phi) is 3.60. The first-order valence-electron chi connectivity index (χ1n) is 6.24. The molecule has 0 unspecified atom stereocenters. The van der Waals surface area contributed by atoms with Crippen molar-refractivity contribution in [1.82, 2.24) is 19.7 Å². The minimum Gasteiger partial charge on any atom is -0.370 e. The molecule has 5 nitrogen and oxygen atoms in total. The highest BCUT2D eigenvalue weighted by Crippen LogP contribution is 2.26. The first-order chi connectivity index (χ1) is 8.63. The van der Waals surface area contributed by atoms with Crippen molar-refractivity contribution in [1.29, 1.82) is 0 Å². The molecule has 5 heteroatoms. The Balaban J connectivity index is 2.56.